The van der Waals surface area contributed by atoms with Gasteiger partial charge in [0.2, 0.25) is 0 Å². The summed E-state index contributed by atoms with van der Waals surface area (Å²) in [7, 11) is 0. The number of benzene rings is 1. The Hall–Kier alpha value is -1.31. The number of unbranched alkanes of at least 4 members (excludes halogenated alkanes) is 2. The van der Waals surface area contributed by atoms with Crippen LogP contribution in [0.4, 0.5) is 22.0 Å². The van der Waals surface area contributed by atoms with Crippen LogP contribution in [0, 0.1) is 11.8 Å². The van der Waals surface area contributed by atoms with E-state index >= 15 is 8.78 Å². The van der Waals surface area contributed by atoms with Crippen molar-refractivity contribution in [2.45, 2.75) is 99.5 Å². The largest absolute Gasteiger partial charge is 0.426 e. The van der Waals surface area contributed by atoms with Crippen LogP contribution >= 0.6 is 12.6 Å². The molecule has 0 aromatic heterocycles. The molecule has 2 aliphatic rings. The average molecular weight is 479 g/mol. The molecule has 2 saturated carbocycles. The fraction of sp³-hybridized carbons (Fsp3) is 0.708. The summed E-state index contributed by atoms with van der Waals surface area (Å²) >= 11 is 4.16. The molecule has 0 amide bonds. The smallest absolute Gasteiger partial charge is 0.314 e. The van der Waals surface area contributed by atoms with Crippen LogP contribution in [0.5, 0.6) is 5.75 Å². The lowest BCUT2D eigenvalue weighted by Gasteiger charge is -2.49. The highest BCUT2D eigenvalue weighted by Gasteiger charge is 2.66. The van der Waals surface area contributed by atoms with Crippen LogP contribution in [0.15, 0.2) is 29.2 Å². The van der Waals surface area contributed by atoms with Crippen molar-refractivity contribution in [3.05, 3.63) is 24.3 Å². The van der Waals surface area contributed by atoms with Gasteiger partial charge in [0, 0.05) is 11.3 Å². The minimum Gasteiger partial charge on any atom is -0.426 e. The van der Waals surface area contributed by atoms with Gasteiger partial charge in [-0.25, -0.2) is 22.0 Å². The molecule has 1 aromatic carbocycles. The zero-order valence-electron chi connectivity index (χ0n) is 18.2. The predicted octanol–water partition coefficient (Wildman–Crippen LogP) is 7.10. The normalized spacial score (nSPS) is 37.8. The van der Waals surface area contributed by atoms with Gasteiger partial charge >= 0.3 is 5.97 Å². The minimum atomic E-state index is -2.99. The zero-order valence-corrected chi connectivity index (χ0v) is 19.1. The summed E-state index contributed by atoms with van der Waals surface area (Å²) in [4.78, 5) is 13.1. The first-order valence-corrected chi connectivity index (χ1v) is 11.9. The van der Waals surface area contributed by atoms with Crippen molar-refractivity contribution < 1.29 is 31.5 Å². The van der Waals surface area contributed by atoms with Gasteiger partial charge in [0.25, 0.3) is 0 Å². The van der Waals surface area contributed by atoms with E-state index in [0.717, 1.165) is 6.42 Å². The molecule has 2 aliphatic carbocycles. The average Bonchev–Trinajstić information content (AvgIpc) is 2.78. The standard InChI is InChI=1S/C24H31F5O2S/c1-2-3-4-13-23(28)19(25)14-24(29,21(27)20(23)26)16-7-5-15(6-8-16)22(30)31-17-9-11-18(32)12-10-17/h9-12,15-16,19-21,32H,2-8,13-14H2,1H3. The Bertz CT molecular complexity index is 770. The predicted molar refractivity (Wildman–Crippen MR) is 116 cm³/mol. The Morgan fingerprint density at radius 3 is 2.25 bits per heavy atom. The summed E-state index contributed by atoms with van der Waals surface area (Å²) in [5, 5.41) is 0. The van der Waals surface area contributed by atoms with E-state index in [2.05, 4.69) is 12.6 Å². The molecule has 5 atom stereocenters. The van der Waals surface area contributed by atoms with Crippen LogP contribution < -0.4 is 4.74 Å². The lowest BCUT2D eigenvalue weighted by atomic mass is 9.63. The van der Waals surface area contributed by atoms with Crippen molar-refractivity contribution in [2.75, 3.05) is 0 Å². The number of esters is 1. The number of carbonyl (C=O) groups is 1. The number of thiol groups is 1. The van der Waals surface area contributed by atoms with Gasteiger partial charge in [0.1, 0.15) is 11.9 Å². The number of hydrogen-bond acceptors (Lipinski definition) is 3. The van der Waals surface area contributed by atoms with Gasteiger partial charge < -0.3 is 4.74 Å². The molecule has 0 radical (unpaired) electrons. The van der Waals surface area contributed by atoms with Crippen molar-refractivity contribution in [3.8, 4) is 5.75 Å². The highest BCUT2D eigenvalue weighted by atomic mass is 32.1. The zero-order chi connectivity index (χ0) is 23.5. The maximum atomic E-state index is 15.7. The molecule has 0 spiro atoms. The van der Waals surface area contributed by atoms with E-state index in [0.29, 0.717) is 17.1 Å². The summed E-state index contributed by atoms with van der Waals surface area (Å²) < 4.78 is 80.3. The summed E-state index contributed by atoms with van der Waals surface area (Å²) in [6.45, 7) is 1.86. The lowest BCUT2D eigenvalue weighted by molar-refractivity contribution is -0.177. The van der Waals surface area contributed by atoms with E-state index in [9.17, 15) is 18.0 Å². The molecule has 2 nitrogen and oxygen atoms in total. The Labute approximate surface area is 191 Å². The van der Waals surface area contributed by atoms with Crippen molar-refractivity contribution in [1.29, 1.82) is 0 Å². The summed E-state index contributed by atoms with van der Waals surface area (Å²) in [6.07, 6.45) is -7.28. The Kier molecular flexibility index (Phi) is 8.16. The molecule has 180 valence electrons. The van der Waals surface area contributed by atoms with Gasteiger partial charge in [-0.1, -0.05) is 26.2 Å². The molecule has 0 heterocycles. The topological polar surface area (TPSA) is 26.3 Å². The number of ether oxygens (including phenoxy) is 1. The third-order valence-electron chi connectivity index (χ3n) is 7.14. The monoisotopic (exact) mass is 478 g/mol. The number of carbonyl (C=O) groups excluding carboxylic acids is 1. The molecule has 32 heavy (non-hydrogen) atoms. The maximum absolute atomic E-state index is 15.7. The van der Waals surface area contributed by atoms with E-state index < -0.39 is 60.5 Å². The number of hydrogen-bond donors (Lipinski definition) is 1. The van der Waals surface area contributed by atoms with Crippen molar-refractivity contribution >= 4 is 18.6 Å². The molecule has 0 saturated heterocycles. The Balaban J connectivity index is 1.60. The van der Waals surface area contributed by atoms with Gasteiger partial charge in [-0.15, -0.1) is 12.6 Å². The second-order valence-corrected chi connectivity index (χ2v) is 9.77. The summed E-state index contributed by atoms with van der Waals surface area (Å²) in [5.74, 6) is -1.60. The fourth-order valence-electron chi connectivity index (χ4n) is 5.07. The molecule has 3 rings (SSSR count). The minimum absolute atomic E-state index is 0.0842. The molecule has 1 aromatic rings. The van der Waals surface area contributed by atoms with Gasteiger partial charge in [-0.3, -0.25) is 4.79 Å². The molecular weight excluding hydrogens is 447 g/mol. The van der Waals surface area contributed by atoms with Gasteiger partial charge in [0.05, 0.1) is 5.92 Å². The first kappa shape index (κ1) is 25.3. The van der Waals surface area contributed by atoms with Gasteiger partial charge in [-0.05, 0) is 62.3 Å². The van der Waals surface area contributed by atoms with E-state index in [4.69, 9.17) is 4.74 Å². The second kappa shape index (κ2) is 10.3. The number of alkyl halides is 5. The number of halogens is 5. The van der Waals surface area contributed by atoms with Crippen molar-refractivity contribution in [2.24, 2.45) is 11.8 Å². The highest BCUT2D eigenvalue weighted by Crippen LogP contribution is 2.53. The van der Waals surface area contributed by atoms with Gasteiger partial charge in [0.15, 0.2) is 23.7 Å². The first-order valence-electron chi connectivity index (χ1n) is 11.4. The van der Waals surface area contributed by atoms with Crippen LogP contribution in [0.3, 0.4) is 0 Å². The summed E-state index contributed by atoms with van der Waals surface area (Å²) in [6, 6.07) is 6.55. The van der Waals surface area contributed by atoms with E-state index in [1.807, 2.05) is 6.92 Å². The van der Waals surface area contributed by atoms with E-state index in [-0.39, 0.29) is 32.1 Å². The van der Waals surface area contributed by atoms with Crippen LogP contribution in [-0.2, 0) is 4.79 Å². The SMILES string of the molecule is CCCCCC1(F)C(F)CC(F)(C2CCC(C(=O)Oc3ccc(S)cc3)CC2)C(F)C1F. The molecule has 2 fully saturated rings. The molecule has 0 N–H and O–H groups in total. The maximum Gasteiger partial charge on any atom is 0.314 e. The Morgan fingerprint density at radius 1 is 1.03 bits per heavy atom. The fourth-order valence-corrected chi connectivity index (χ4v) is 5.22. The van der Waals surface area contributed by atoms with Gasteiger partial charge in [-0.2, -0.15) is 0 Å². The van der Waals surface area contributed by atoms with E-state index in [1.165, 1.54) is 0 Å². The van der Waals surface area contributed by atoms with Crippen LogP contribution in [0.2, 0.25) is 0 Å². The second-order valence-electron chi connectivity index (χ2n) is 9.25. The summed E-state index contributed by atoms with van der Waals surface area (Å²) in [5.41, 5.74) is -5.77. The Morgan fingerprint density at radius 2 is 1.66 bits per heavy atom. The van der Waals surface area contributed by atoms with E-state index in [1.54, 1.807) is 24.3 Å². The molecule has 8 heteroatoms. The third-order valence-corrected chi connectivity index (χ3v) is 7.44. The van der Waals surface area contributed by atoms with Crippen LogP contribution in [0.25, 0.3) is 0 Å². The molecular formula is C24H31F5O2S. The van der Waals surface area contributed by atoms with Crippen LogP contribution in [-0.4, -0.2) is 35.8 Å². The highest BCUT2D eigenvalue weighted by molar-refractivity contribution is 7.80. The number of rotatable bonds is 7. The van der Waals surface area contributed by atoms with Crippen molar-refractivity contribution in [3.63, 3.8) is 0 Å². The lowest BCUT2D eigenvalue weighted by Crippen LogP contribution is -2.64. The molecule has 0 bridgehead atoms. The third kappa shape index (κ3) is 5.10. The van der Waals surface area contributed by atoms with Crippen LogP contribution in [0.1, 0.15) is 64.7 Å². The van der Waals surface area contributed by atoms with Crippen molar-refractivity contribution in [1.82, 2.24) is 0 Å². The quantitative estimate of drug-likeness (QED) is 0.149. The first-order chi connectivity index (χ1) is 15.1. The molecule has 0 aliphatic heterocycles. The molecule has 5 unspecified atom stereocenters.